The fraction of sp³-hybridized carbons (Fsp3) is 0.227. The van der Waals surface area contributed by atoms with Gasteiger partial charge < -0.3 is 10.4 Å². The number of imidazole rings is 1. The van der Waals surface area contributed by atoms with E-state index in [9.17, 15) is 4.39 Å². The van der Waals surface area contributed by atoms with Gasteiger partial charge in [-0.25, -0.2) is 19.3 Å². The van der Waals surface area contributed by atoms with Crippen LogP contribution < -0.4 is 5.32 Å². The monoisotopic (exact) mass is 391 g/mol. The summed E-state index contributed by atoms with van der Waals surface area (Å²) in [7, 11) is 0. The molecule has 6 nitrogen and oxygen atoms in total. The minimum absolute atomic E-state index is 0.00810. The predicted molar refractivity (Wildman–Crippen MR) is 110 cm³/mol. The molecule has 0 amide bonds. The molecule has 3 aromatic heterocycles. The van der Waals surface area contributed by atoms with Gasteiger partial charge in [0.25, 0.3) is 0 Å². The third-order valence-electron chi connectivity index (χ3n) is 4.90. The van der Waals surface area contributed by atoms with E-state index in [2.05, 4.69) is 20.3 Å². The maximum atomic E-state index is 13.2. The van der Waals surface area contributed by atoms with Gasteiger partial charge in [-0.1, -0.05) is 30.3 Å². The number of anilines is 1. The lowest BCUT2D eigenvalue weighted by molar-refractivity contribution is 0.299. The van der Waals surface area contributed by atoms with Crippen LogP contribution >= 0.6 is 0 Å². The number of halogens is 1. The lowest BCUT2D eigenvalue weighted by atomic mass is 10.0. The van der Waals surface area contributed by atoms with Crippen LogP contribution in [-0.4, -0.2) is 31.1 Å². The maximum Gasteiger partial charge on any atom is 0.223 e. The minimum Gasteiger partial charge on any atom is -0.396 e. The number of nitrogens with zero attached hydrogens (tertiary/aromatic N) is 4. The second-order valence-electron chi connectivity index (χ2n) is 6.85. The molecule has 3 heterocycles. The fourth-order valence-corrected chi connectivity index (χ4v) is 3.31. The Balaban J connectivity index is 1.58. The summed E-state index contributed by atoms with van der Waals surface area (Å²) in [5, 5.41) is 12.4. The first kappa shape index (κ1) is 19.0. The molecule has 0 saturated carbocycles. The van der Waals surface area contributed by atoms with Crippen molar-refractivity contribution in [3.05, 3.63) is 77.7 Å². The Labute approximate surface area is 168 Å². The first-order chi connectivity index (χ1) is 14.2. The Hall–Kier alpha value is -3.32. The molecule has 0 unspecified atom stereocenters. The van der Waals surface area contributed by atoms with Gasteiger partial charge in [0.1, 0.15) is 12.3 Å². The number of rotatable bonds is 7. The maximum absolute atomic E-state index is 13.2. The second-order valence-corrected chi connectivity index (χ2v) is 6.85. The summed E-state index contributed by atoms with van der Waals surface area (Å²) in [5.41, 5.74) is 4.82. The van der Waals surface area contributed by atoms with E-state index in [4.69, 9.17) is 5.11 Å². The van der Waals surface area contributed by atoms with Crippen molar-refractivity contribution in [1.82, 2.24) is 19.4 Å². The van der Waals surface area contributed by atoms with Crippen LogP contribution in [0.1, 0.15) is 29.7 Å². The van der Waals surface area contributed by atoms with E-state index in [0.717, 1.165) is 16.8 Å². The van der Waals surface area contributed by atoms with E-state index in [1.165, 1.54) is 0 Å². The van der Waals surface area contributed by atoms with E-state index in [0.29, 0.717) is 29.3 Å². The van der Waals surface area contributed by atoms with Gasteiger partial charge in [0.15, 0.2) is 0 Å². The smallest absolute Gasteiger partial charge is 0.223 e. The Morgan fingerprint density at radius 2 is 1.97 bits per heavy atom. The van der Waals surface area contributed by atoms with Gasteiger partial charge >= 0.3 is 0 Å². The molecular formula is C22H22FN5O. The van der Waals surface area contributed by atoms with Gasteiger partial charge in [0.05, 0.1) is 23.6 Å². The SMILES string of the molecule is C[C@H](Nc1nccc(-c2cnc3c(CF)cccn23)n1)c1ccc(CCO)cc1. The summed E-state index contributed by atoms with van der Waals surface area (Å²) < 4.78 is 15.0. The summed E-state index contributed by atoms with van der Waals surface area (Å²) in [6, 6.07) is 13.5. The van der Waals surface area contributed by atoms with E-state index in [-0.39, 0.29) is 12.6 Å². The average Bonchev–Trinajstić information content (AvgIpc) is 3.19. The number of fused-ring (bicyclic) bond motifs is 1. The standard InChI is InChI=1S/C22H22FN5O/c1-15(17-6-4-16(5-7-17)9-12-29)26-22-24-10-8-19(27-22)20-14-25-21-18(13-23)3-2-11-28(20)21/h2-8,10-11,14-15,29H,9,12-13H2,1H3,(H,24,26,27)/t15-/m0/s1. The van der Waals surface area contributed by atoms with Gasteiger partial charge in [-0.05, 0) is 36.6 Å². The Bertz CT molecular complexity index is 1110. The zero-order valence-electron chi connectivity index (χ0n) is 16.1. The van der Waals surface area contributed by atoms with Crippen LogP contribution in [0.2, 0.25) is 0 Å². The van der Waals surface area contributed by atoms with Crippen molar-refractivity contribution in [1.29, 1.82) is 0 Å². The lowest BCUT2D eigenvalue weighted by Crippen LogP contribution is -2.10. The van der Waals surface area contributed by atoms with Gasteiger partial charge in [-0.2, -0.15) is 0 Å². The van der Waals surface area contributed by atoms with Crippen molar-refractivity contribution in [2.45, 2.75) is 26.1 Å². The Morgan fingerprint density at radius 1 is 1.14 bits per heavy atom. The number of aliphatic hydroxyl groups is 1. The van der Waals surface area contributed by atoms with Crippen LogP contribution in [0, 0.1) is 0 Å². The van der Waals surface area contributed by atoms with Gasteiger partial charge in [-0.15, -0.1) is 0 Å². The summed E-state index contributed by atoms with van der Waals surface area (Å²) in [6.45, 7) is 1.62. The van der Waals surface area contributed by atoms with Crippen molar-refractivity contribution in [2.24, 2.45) is 0 Å². The molecule has 1 atom stereocenters. The number of benzene rings is 1. The van der Waals surface area contributed by atoms with Crippen LogP contribution in [0.4, 0.5) is 10.3 Å². The van der Waals surface area contributed by atoms with E-state index in [1.54, 1.807) is 24.5 Å². The lowest BCUT2D eigenvalue weighted by Gasteiger charge is -2.15. The quantitative estimate of drug-likeness (QED) is 0.499. The van der Waals surface area contributed by atoms with Crippen LogP contribution in [0.3, 0.4) is 0 Å². The third kappa shape index (κ3) is 3.95. The Kier molecular flexibility index (Phi) is 5.48. The molecule has 0 aliphatic heterocycles. The topological polar surface area (TPSA) is 75.3 Å². The number of aliphatic hydroxyl groups excluding tert-OH is 1. The van der Waals surface area contributed by atoms with Crippen molar-refractivity contribution in [2.75, 3.05) is 11.9 Å². The molecule has 0 aliphatic carbocycles. The van der Waals surface area contributed by atoms with Gasteiger partial charge in [0.2, 0.25) is 5.95 Å². The van der Waals surface area contributed by atoms with E-state index >= 15 is 0 Å². The summed E-state index contributed by atoms with van der Waals surface area (Å²) in [6.07, 6.45) is 5.89. The van der Waals surface area contributed by atoms with Crippen molar-refractivity contribution in [3.8, 4) is 11.4 Å². The summed E-state index contributed by atoms with van der Waals surface area (Å²) in [4.78, 5) is 13.3. The molecule has 4 aromatic rings. The second kappa shape index (κ2) is 8.36. The van der Waals surface area contributed by atoms with Crippen LogP contribution in [-0.2, 0) is 13.1 Å². The molecule has 0 fully saturated rings. The van der Waals surface area contributed by atoms with Crippen molar-refractivity contribution < 1.29 is 9.50 Å². The normalized spacial score (nSPS) is 12.2. The fourth-order valence-electron chi connectivity index (χ4n) is 3.31. The number of pyridine rings is 1. The van der Waals surface area contributed by atoms with Crippen LogP contribution in [0.15, 0.2) is 61.1 Å². The number of hydrogen-bond acceptors (Lipinski definition) is 5. The van der Waals surface area contributed by atoms with Gasteiger partial charge in [0, 0.05) is 24.6 Å². The summed E-state index contributed by atoms with van der Waals surface area (Å²) in [5.74, 6) is 0.506. The molecule has 0 radical (unpaired) electrons. The van der Waals surface area contributed by atoms with Gasteiger partial charge in [-0.3, -0.25) is 4.40 Å². The molecule has 0 spiro atoms. The molecule has 4 rings (SSSR count). The highest BCUT2D eigenvalue weighted by atomic mass is 19.1. The molecule has 0 saturated heterocycles. The molecule has 7 heteroatoms. The van der Waals surface area contributed by atoms with Crippen molar-refractivity contribution >= 4 is 11.6 Å². The molecule has 0 aliphatic rings. The number of hydrogen-bond donors (Lipinski definition) is 2. The molecule has 1 aromatic carbocycles. The van der Waals surface area contributed by atoms with Crippen LogP contribution in [0.5, 0.6) is 0 Å². The van der Waals surface area contributed by atoms with Crippen molar-refractivity contribution in [3.63, 3.8) is 0 Å². The van der Waals surface area contributed by atoms with E-state index in [1.807, 2.05) is 47.9 Å². The highest BCUT2D eigenvalue weighted by Crippen LogP contribution is 2.23. The van der Waals surface area contributed by atoms with E-state index < -0.39 is 6.67 Å². The third-order valence-corrected chi connectivity index (χ3v) is 4.90. The zero-order chi connectivity index (χ0) is 20.2. The molecule has 0 bridgehead atoms. The molecular weight excluding hydrogens is 369 g/mol. The summed E-state index contributed by atoms with van der Waals surface area (Å²) >= 11 is 0. The highest BCUT2D eigenvalue weighted by molar-refractivity contribution is 5.63. The zero-order valence-corrected chi connectivity index (χ0v) is 16.1. The number of alkyl halides is 1. The predicted octanol–water partition coefficient (Wildman–Crippen LogP) is 3.97. The first-order valence-electron chi connectivity index (χ1n) is 9.50. The van der Waals surface area contributed by atoms with Crippen LogP contribution in [0.25, 0.3) is 17.0 Å². The minimum atomic E-state index is -0.564. The highest BCUT2D eigenvalue weighted by Gasteiger charge is 2.12. The largest absolute Gasteiger partial charge is 0.396 e. The number of nitrogens with one attached hydrogen (secondary N) is 1. The molecule has 148 valence electrons. The Morgan fingerprint density at radius 3 is 2.72 bits per heavy atom. The first-order valence-corrected chi connectivity index (χ1v) is 9.50. The molecule has 2 N–H and O–H groups in total. The average molecular weight is 391 g/mol. The number of aromatic nitrogens is 4. The molecule has 29 heavy (non-hydrogen) atoms.